The van der Waals surface area contributed by atoms with Crippen LogP contribution in [-0.2, 0) is 9.59 Å². The number of nitrogens with zero attached hydrogens (tertiary/aromatic N) is 2. The molecule has 0 unspecified atom stereocenters. The van der Waals surface area contributed by atoms with Crippen LogP contribution in [0.1, 0.15) is 6.42 Å². The van der Waals surface area contributed by atoms with E-state index in [-0.39, 0.29) is 24.7 Å². The topological polar surface area (TPSA) is 85.2 Å². The number of amides is 2. The van der Waals surface area contributed by atoms with E-state index in [4.69, 9.17) is 11.6 Å². The van der Waals surface area contributed by atoms with E-state index in [1.54, 1.807) is 30.3 Å². The minimum Gasteiger partial charge on any atom is -0.406 e. The van der Waals surface area contributed by atoms with Crippen LogP contribution in [0.5, 0.6) is 5.75 Å². The molecule has 166 valence electrons. The molecule has 1 atom stereocenters. The van der Waals surface area contributed by atoms with Crippen molar-refractivity contribution in [3.05, 3.63) is 59.6 Å². The fraction of sp³-hybridized carbons (Fsp3) is 0.190. The lowest BCUT2D eigenvalue weighted by Gasteiger charge is -2.12. The maximum Gasteiger partial charge on any atom is 0.573 e. The molecule has 11 heteroatoms. The predicted octanol–water partition coefficient (Wildman–Crippen LogP) is 4.17. The van der Waals surface area contributed by atoms with Crippen LogP contribution < -0.4 is 15.4 Å². The summed E-state index contributed by atoms with van der Waals surface area (Å²) in [6, 6.07) is 13.7. The van der Waals surface area contributed by atoms with Crippen molar-refractivity contribution in [1.82, 2.24) is 15.1 Å². The van der Waals surface area contributed by atoms with Gasteiger partial charge in [0.25, 0.3) is 0 Å². The third kappa shape index (κ3) is 4.86. The van der Waals surface area contributed by atoms with Gasteiger partial charge in [-0.05, 0) is 24.3 Å². The van der Waals surface area contributed by atoms with Gasteiger partial charge in [0.2, 0.25) is 11.8 Å². The number of carbonyl (C=O) groups is 2. The average molecular weight is 465 g/mol. The first-order chi connectivity index (χ1) is 15.2. The number of aromatic nitrogens is 2. The Kier molecular flexibility index (Phi) is 5.79. The monoisotopic (exact) mass is 464 g/mol. The molecule has 0 saturated carbocycles. The summed E-state index contributed by atoms with van der Waals surface area (Å²) in [5.41, 5.74) is 1.20. The Morgan fingerprint density at radius 2 is 1.97 bits per heavy atom. The van der Waals surface area contributed by atoms with Crippen molar-refractivity contribution in [2.24, 2.45) is 5.92 Å². The molecule has 2 N–H and O–H groups in total. The number of para-hydroxylation sites is 1. The molecule has 2 aromatic carbocycles. The second-order valence-corrected chi connectivity index (χ2v) is 7.46. The summed E-state index contributed by atoms with van der Waals surface area (Å²) >= 11 is 6.30. The number of benzene rings is 2. The fourth-order valence-electron chi connectivity index (χ4n) is 3.33. The summed E-state index contributed by atoms with van der Waals surface area (Å²) in [4.78, 5) is 23.9. The number of anilines is 1. The second-order valence-electron chi connectivity index (χ2n) is 7.05. The van der Waals surface area contributed by atoms with E-state index in [0.717, 1.165) is 0 Å². The number of hydrogen-bond acceptors (Lipinski definition) is 4. The maximum atomic E-state index is 12.7. The Balaban J connectivity index is 1.72. The molecule has 32 heavy (non-hydrogen) atoms. The van der Waals surface area contributed by atoms with Crippen molar-refractivity contribution in [1.29, 1.82) is 0 Å². The predicted molar refractivity (Wildman–Crippen MR) is 110 cm³/mol. The molecule has 1 aromatic heterocycles. The van der Waals surface area contributed by atoms with Gasteiger partial charge in [0.1, 0.15) is 5.75 Å². The third-order valence-electron chi connectivity index (χ3n) is 4.75. The largest absolute Gasteiger partial charge is 0.573 e. The minimum absolute atomic E-state index is 0.0702. The van der Waals surface area contributed by atoms with Crippen molar-refractivity contribution in [3.63, 3.8) is 0 Å². The van der Waals surface area contributed by atoms with Crippen LogP contribution in [0.3, 0.4) is 0 Å². The lowest BCUT2D eigenvalue weighted by atomic mass is 10.1. The normalized spacial score (nSPS) is 16.0. The molecule has 0 bridgehead atoms. The van der Waals surface area contributed by atoms with Crippen LogP contribution in [0.4, 0.5) is 19.0 Å². The number of alkyl halides is 3. The summed E-state index contributed by atoms with van der Waals surface area (Å²) in [5.74, 6) is -1.39. The zero-order valence-electron chi connectivity index (χ0n) is 16.3. The second kappa shape index (κ2) is 8.54. The highest BCUT2D eigenvalue weighted by Crippen LogP contribution is 2.32. The molecule has 2 heterocycles. The first-order valence-electron chi connectivity index (χ1n) is 9.48. The lowest BCUT2D eigenvalue weighted by molar-refractivity contribution is -0.274. The van der Waals surface area contributed by atoms with Crippen LogP contribution in [0.25, 0.3) is 16.9 Å². The van der Waals surface area contributed by atoms with Gasteiger partial charge in [-0.2, -0.15) is 0 Å². The van der Waals surface area contributed by atoms with Gasteiger partial charge in [-0.25, -0.2) is 4.68 Å². The van der Waals surface area contributed by atoms with Gasteiger partial charge in [0.15, 0.2) is 5.82 Å². The van der Waals surface area contributed by atoms with E-state index in [2.05, 4.69) is 20.5 Å². The molecule has 3 aromatic rings. The standard InChI is InChI=1S/C21H16ClF3N4O3/c22-15-6-1-2-7-16(15)29-17(12-4-3-5-14(8-12)32-21(23,24)25)10-18(28-29)27-20(31)13-9-19(30)26-11-13/h1-8,10,13H,9,11H2,(H,26,30)(H,27,28,31)/t13-/m1/s1. The molecule has 1 saturated heterocycles. The van der Waals surface area contributed by atoms with Crippen LogP contribution in [0.15, 0.2) is 54.6 Å². The molecule has 2 amide bonds. The van der Waals surface area contributed by atoms with Crippen molar-refractivity contribution in [2.75, 3.05) is 11.9 Å². The number of rotatable bonds is 5. The van der Waals surface area contributed by atoms with Crippen molar-refractivity contribution >= 4 is 29.2 Å². The summed E-state index contributed by atoms with van der Waals surface area (Å²) in [5, 5.41) is 9.98. The smallest absolute Gasteiger partial charge is 0.406 e. The molecule has 1 aliphatic rings. The van der Waals surface area contributed by atoms with E-state index in [9.17, 15) is 22.8 Å². The molecule has 4 rings (SSSR count). The van der Waals surface area contributed by atoms with Crippen LogP contribution >= 0.6 is 11.6 Å². The molecule has 0 radical (unpaired) electrons. The molecular formula is C21H16ClF3N4O3. The summed E-state index contributed by atoms with van der Waals surface area (Å²) in [6.07, 6.45) is -4.77. The van der Waals surface area contributed by atoms with Gasteiger partial charge in [-0.3, -0.25) is 9.59 Å². The summed E-state index contributed by atoms with van der Waals surface area (Å²) in [6.45, 7) is 0.222. The summed E-state index contributed by atoms with van der Waals surface area (Å²) in [7, 11) is 0. The Hall–Kier alpha value is -3.53. The molecule has 7 nitrogen and oxygen atoms in total. The Labute approximate surface area is 185 Å². The van der Waals surface area contributed by atoms with E-state index < -0.39 is 23.9 Å². The lowest BCUT2D eigenvalue weighted by Crippen LogP contribution is -2.24. The van der Waals surface area contributed by atoms with Gasteiger partial charge >= 0.3 is 6.36 Å². The van der Waals surface area contributed by atoms with Crippen molar-refractivity contribution < 1.29 is 27.5 Å². The van der Waals surface area contributed by atoms with Gasteiger partial charge in [-0.15, -0.1) is 18.3 Å². The first-order valence-corrected chi connectivity index (χ1v) is 9.86. The van der Waals surface area contributed by atoms with E-state index in [1.807, 2.05) is 0 Å². The molecular weight excluding hydrogens is 449 g/mol. The molecule has 1 aliphatic heterocycles. The molecule has 0 spiro atoms. The van der Waals surface area contributed by atoms with Crippen molar-refractivity contribution in [2.45, 2.75) is 12.8 Å². The summed E-state index contributed by atoms with van der Waals surface area (Å²) < 4.78 is 43.4. The number of carbonyl (C=O) groups excluding carboxylic acids is 2. The Morgan fingerprint density at radius 1 is 1.19 bits per heavy atom. The van der Waals surface area contributed by atoms with Crippen LogP contribution in [0.2, 0.25) is 5.02 Å². The number of halogens is 4. The van der Waals surface area contributed by atoms with Gasteiger partial charge in [-0.1, -0.05) is 35.9 Å². The zero-order chi connectivity index (χ0) is 22.9. The SMILES string of the molecule is O=C1C[C@@H](C(=O)Nc2cc(-c3cccc(OC(F)(F)F)c3)n(-c3ccccc3Cl)n2)CN1. The maximum absolute atomic E-state index is 12.7. The highest BCUT2D eigenvalue weighted by atomic mass is 35.5. The van der Waals surface area contributed by atoms with E-state index in [0.29, 0.717) is 22.0 Å². The Morgan fingerprint density at radius 3 is 2.66 bits per heavy atom. The zero-order valence-corrected chi connectivity index (χ0v) is 17.1. The molecule has 0 aliphatic carbocycles. The Bertz CT molecular complexity index is 1180. The highest BCUT2D eigenvalue weighted by Gasteiger charge is 2.31. The van der Waals surface area contributed by atoms with Crippen LogP contribution in [0, 0.1) is 5.92 Å². The highest BCUT2D eigenvalue weighted by molar-refractivity contribution is 6.32. The van der Waals surface area contributed by atoms with Gasteiger partial charge < -0.3 is 15.4 Å². The van der Waals surface area contributed by atoms with E-state index in [1.165, 1.54) is 28.9 Å². The van der Waals surface area contributed by atoms with Gasteiger partial charge in [0, 0.05) is 24.6 Å². The number of hydrogen-bond donors (Lipinski definition) is 2. The average Bonchev–Trinajstić information content (AvgIpc) is 3.34. The van der Waals surface area contributed by atoms with E-state index >= 15 is 0 Å². The fourth-order valence-corrected chi connectivity index (χ4v) is 3.54. The van der Waals surface area contributed by atoms with Gasteiger partial charge in [0.05, 0.1) is 22.3 Å². The number of nitrogens with one attached hydrogen (secondary N) is 2. The third-order valence-corrected chi connectivity index (χ3v) is 5.07. The number of ether oxygens (including phenoxy) is 1. The first kappa shape index (κ1) is 21.7. The molecule has 1 fully saturated rings. The minimum atomic E-state index is -4.84. The quantitative estimate of drug-likeness (QED) is 0.593. The van der Waals surface area contributed by atoms with Crippen LogP contribution in [-0.4, -0.2) is 34.5 Å². The van der Waals surface area contributed by atoms with Crippen molar-refractivity contribution in [3.8, 4) is 22.7 Å².